The largest absolute Gasteiger partial charge is 0.307 e. The van der Waals surface area contributed by atoms with Crippen LogP contribution in [0.4, 0.5) is 8.78 Å². The molecule has 112 valence electrons. The highest BCUT2D eigenvalue weighted by Crippen LogP contribution is 2.19. The molecule has 0 aliphatic heterocycles. The van der Waals surface area contributed by atoms with E-state index in [0.29, 0.717) is 10.6 Å². The Kier molecular flexibility index (Phi) is 5.32. The number of halogens is 3. The van der Waals surface area contributed by atoms with Crippen LogP contribution in [0.25, 0.3) is 0 Å². The number of benzene rings is 2. The third-order valence-corrected chi connectivity index (χ3v) is 3.67. The van der Waals surface area contributed by atoms with Crippen molar-refractivity contribution < 1.29 is 8.78 Å². The molecule has 0 saturated carbocycles. The lowest BCUT2D eigenvalue weighted by molar-refractivity contribution is 0.458. The molecule has 0 aliphatic rings. The Morgan fingerprint density at radius 3 is 2.33 bits per heavy atom. The van der Waals surface area contributed by atoms with Gasteiger partial charge in [-0.1, -0.05) is 29.8 Å². The monoisotopic (exact) mass is 309 g/mol. The summed E-state index contributed by atoms with van der Waals surface area (Å²) in [7, 11) is 0. The first kappa shape index (κ1) is 15.9. The lowest BCUT2D eigenvalue weighted by Gasteiger charge is -2.21. The Balaban J connectivity index is 1.98. The van der Waals surface area contributed by atoms with Crippen LogP contribution in [-0.2, 0) is 6.42 Å². The molecule has 0 aromatic heterocycles. The van der Waals surface area contributed by atoms with Crippen molar-refractivity contribution in [1.82, 2.24) is 5.32 Å². The molecule has 2 aromatic rings. The lowest BCUT2D eigenvalue weighted by Crippen LogP contribution is -2.31. The van der Waals surface area contributed by atoms with Crippen molar-refractivity contribution in [2.45, 2.75) is 32.4 Å². The van der Waals surface area contributed by atoms with Crippen LogP contribution in [0.5, 0.6) is 0 Å². The average molecular weight is 310 g/mol. The minimum Gasteiger partial charge on any atom is -0.307 e. The maximum Gasteiger partial charge on any atom is 0.130 e. The first-order chi connectivity index (χ1) is 9.95. The maximum absolute atomic E-state index is 13.7. The second kappa shape index (κ2) is 7.01. The van der Waals surface area contributed by atoms with E-state index in [1.54, 1.807) is 0 Å². The van der Waals surface area contributed by atoms with Crippen LogP contribution < -0.4 is 5.32 Å². The molecule has 21 heavy (non-hydrogen) atoms. The molecule has 1 nitrogen and oxygen atoms in total. The second-order valence-corrected chi connectivity index (χ2v) is 5.72. The number of nitrogens with one attached hydrogen (secondary N) is 1. The summed E-state index contributed by atoms with van der Waals surface area (Å²) in [6.45, 7) is 3.90. The second-order valence-electron chi connectivity index (χ2n) is 5.29. The zero-order valence-electron chi connectivity index (χ0n) is 12.0. The molecule has 2 aromatic carbocycles. The van der Waals surface area contributed by atoms with Crippen molar-refractivity contribution in [2.24, 2.45) is 0 Å². The zero-order chi connectivity index (χ0) is 15.4. The van der Waals surface area contributed by atoms with Gasteiger partial charge in [-0.25, -0.2) is 8.78 Å². The third kappa shape index (κ3) is 4.51. The van der Waals surface area contributed by atoms with Crippen LogP contribution in [0.1, 0.15) is 31.0 Å². The van der Waals surface area contributed by atoms with Crippen molar-refractivity contribution >= 4 is 11.6 Å². The molecule has 0 fully saturated rings. The summed E-state index contributed by atoms with van der Waals surface area (Å²) >= 11 is 5.85. The predicted molar refractivity (Wildman–Crippen MR) is 82.5 cm³/mol. The van der Waals surface area contributed by atoms with Gasteiger partial charge in [-0.2, -0.15) is 0 Å². The summed E-state index contributed by atoms with van der Waals surface area (Å²) in [5.41, 5.74) is 1.63. The van der Waals surface area contributed by atoms with E-state index in [1.165, 1.54) is 12.1 Å². The van der Waals surface area contributed by atoms with Gasteiger partial charge in [0, 0.05) is 28.7 Å². The molecule has 0 heterocycles. The smallest absolute Gasteiger partial charge is 0.130 e. The zero-order valence-corrected chi connectivity index (χ0v) is 12.8. The molecule has 2 atom stereocenters. The molecule has 0 bridgehead atoms. The summed E-state index contributed by atoms with van der Waals surface area (Å²) in [6, 6.07) is 11.3. The van der Waals surface area contributed by atoms with Crippen molar-refractivity contribution in [2.75, 3.05) is 0 Å². The van der Waals surface area contributed by atoms with Gasteiger partial charge >= 0.3 is 0 Å². The summed E-state index contributed by atoms with van der Waals surface area (Å²) in [4.78, 5) is 0. The number of rotatable bonds is 5. The number of hydrogen-bond acceptors (Lipinski definition) is 1. The molecular formula is C17H18ClF2N. The van der Waals surface area contributed by atoms with Crippen molar-refractivity contribution in [3.63, 3.8) is 0 Å². The molecule has 2 rings (SSSR count). The molecular weight excluding hydrogens is 292 g/mol. The van der Waals surface area contributed by atoms with Gasteiger partial charge in [0.05, 0.1) is 0 Å². The van der Waals surface area contributed by atoms with Gasteiger partial charge in [0.2, 0.25) is 0 Å². The van der Waals surface area contributed by atoms with Crippen molar-refractivity contribution in [3.05, 3.63) is 70.2 Å². The highest BCUT2D eigenvalue weighted by molar-refractivity contribution is 6.30. The maximum atomic E-state index is 13.7. The van der Waals surface area contributed by atoms with Gasteiger partial charge in [-0.15, -0.1) is 0 Å². The van der Waals surface area contributed by atoms with Crippen molar-refractivity contribution in [1.29, 1.82) is 0 Å². The fourth-order valence-electron chi connectivity index (χ4n) is 2.40. The molecule has 0 spiro atoms. The highest BCUT2D eigenvalue weighted by atomic mass is 35.5. The van der Waals surface area contributed by atoms with Crippen LogP contribution in [0, 0.1) is 11.6 Å². The first-order valence-corrected chi connectivity index (χ1v) is 7.29. The Morgan fingerprint density at radius 1 is 1.05 bits per heavy atom. The Hall–Kier alpha value is -1.45. The highest BCUT2D eigenvalue weighted by Gasteiger charge is 2.14. The topological polar surface area (TPSA) is 12.0 Å². The molecule has 2 unspecified atom stereocenters. The fraction of sp³-hybridized carbons (Fsp3) is 0.294. The van der Waals surface area contributed by atoms with Crippen LogP contribution in [-0.4, -0.2) is 6.04 Å². The third-order valence-electron chi connectivity index (χ3n) is 3.42. The van der Waals surface area contributed by atoms with E-state index in [2.05, 4.69) is 5.32 Å². The summed E-state index contributed by atoms with van der Waals surface area (Å²) in [6.07, 6.45) is 0.810. The fourth-order valence-corrected chi connectivity index (χ4v) is 2.53. The Labute approximate surface area is 128 Å². The minimum absolute atomic E-state index is 0.158. The van der Waals surface area contributed by atoms with E-state index in [9.17, 15) is 8.78 Å². The van der Waals surface area contributed by atoms with Crippen molar-refractivity contribution in [3.8, 4) is 0 Å². The molecule has 1 N–H and O–H groups in total. The molecule has 0 radical (unpaired) electrons. The number of hydrogen-bond donors (Lipinski definition) is 1. The predicted octanol–water partition coefficient (Wildman–Crippen LogP) is 4.90. The lowest BCUT2D eigenvalue weighted by atomic mass is 10.0. The first-order valence-electron chi connectivity index (χ1n) is 6.91. The normalized spacial score (nSPS) is 14.0. The molecule has 0 aliphatic carbocycles. The SMILES string of the molecule is CC(Cc1ccc(Cl)cc1)NC(C)c1ccc(F)cc1F. The van der Waals surface area contributed by atoms with E-state index >= 15 is 0 Å². The van der Waals surface area contributed by atoms with Crippen LogP contribution in [0.2, 0.25) is 5.02 Å². The van der Waals surface area contributed by atoms with Gasteiger partial charge in [-0.3, -0.25) is 0 Å². The molecule has 4 heteroatoms. The minimum atomic E-state index is -0.558. The quantitative estimate of drug-likeness (QED) is 0.828. The summed E-state index contributed by atoms with van der Waals surface area (Å²) in [5.74, 6) is -1.08. The van der Waals surface area contributed by atoms with E-state index in [0.717, 1.165) is 18.1 Å². The summed E-state index contributed by atoms with van der Waals surface area (Å²) in [5, 5.41) is 4.03. The molecule has 0 amide bonds. The molecule has 0 saturated heterocycles. The Morgan fingerprint density at radius 2 is 1.71 bits per heavy atom. The standard InChI is InChI=1S/C17H18ClF2N/c1-11(9-13-3-5-14(18)6-4-13)21-12(2)16-8-7-15(19)10-17(16)20/h3-8,10-12,21H,9H2,1-2H3. The van der Waals surface area contributed by atoms with Gasteiger partial charge in [0.25, 0.3) is 0 Å². The van der Waals surface area contributed by atoms with Gasteiger partial charge in [0.1, 0.15) is 11.6 Å². The van der Waals surface area contributed by atoms with Crippen LogP contribution in [0.15, 0.2) is 42.5 Å². The van der Waals surface area contributed by atoms with Crippen LogP contribution in [0.3, 0.4) is 0 Å². The van der Waals surface area contributed by atoms with E-state index < -0.39 is 11.6 Å². The van der Waals surface area contributed by atoms with E-state index in [1.807, 2.05) is 38.1 Å². The summed E-state index contributed by atoms with van der Waals surface area (Å²) < 4.78 is 26.7. The van der Waals surface area contributed by atoms with Gasteiger partial charge < -0.3 is 5.32 Å². The van der Waals surface area contributed by atoms with Crippen LogP contribution >= 0.6 is 11.6 Å². The Bertz CT molecular complexity index is 598. The van der Waals surface area contributed by atoms with Gasteiger partial charge in [0.15, 0.2) is 0 Å². The average Bonchev–Trinajstić information content (AvgIpc) is 2.41. The van der Waals surface area contributed by atoms with Gasteiger partial charge in [-0.05, 0) is 44.0 Å². The van der Waals surface area contributed by atoms with E-state index in [-0.39, 0.29) is 12.1 Å². The van der Waals surface area contributed by atoms with E-state index in [4.69, 9.17) is 11.6 Å².